The van der Waals surface area contributed by atoms with Gasteiger partial charge in [0.15, 0.2) is 0 Å². The third-order valence-corrected chi connectivity index (χ3v) is 2.22. The molecule has 0 unspecified atom stereocenters. The zero-order valence-corrected chi connectivity index (χ0v) is 7.79. The fourth-order valence-electron chi connectivity index (χ4n) is 1.43. The Morgan fingerprint density at radius 2 is 2.07 bits per heavy atom. The Morgan fingerprint density at radius 3 is 2.79 bits per heavy atom. The molecule has 70 valence electrons. The van der Waals surface area contributed by atoms with E-state index < -0.39 is 0 Å². The molecule has 0 fully saturated rings. The van der Waals surface area contributed by atoms with Crippen LogP contribution >= 0.6 is 0 Å². The lowest BCUT2D eigenvalue weighted by Crippen LogP contribution is -2.46. The second-order valence-electron chi connectivity index (χ2n) is 3.21. The summed E-state index contributed by atoms with van der Waals surface area (Å²) >= 11 is 0. The lowest BCUT2D eigenvalue weighted by Gasteiger charge is -2.14. The van der Waals surface area contributed by atoms with E-state index in [0.717, 1.165) is 5.70 Å². The predicted molar refractivity (Wildman–Crippen MR) is 57.8 cm³/mol. The number of allylic oxidation sites excluding steroid dienone is 2. The molecule has 2 rings (SSSR count). The first-order valence-electron chi connectivity index (χ1n) is 4.27. The quantitative estimate of drug-likeness (QED) is 0.569. The van der Waals surface area contributed by atoms with Gasteiger partial charge in [0.25, 0.3) is 5.56 Å². The highest BCUT2D eigenvalue weighted by atomic mass is 16.1. The average molecular weight is 186 g/mol. The van der Waals surface area contributed by atoms with Gasteiger partial charge in [-0.1, -0.05) is 25.8 Å². The van der Waals surface area contributed by atoms with Gasteiger partial charge in [0.2, 0.25) is 0 Å². The van der Waals surface area contributed by atoms with Crippen LogP contribution in [0.25, 0.3) is 24.9 Å². The molecule has 0 aliphatic carbocycles. The van der Waals surface area contributed by atoms with E-state index in [2.05, 4.69) is 24.7 Å². The Kier molecular flexibility index (Phi) is 1.74. The minimum Gasteiger partial charge on any atom is -0.268 e. The summed E-state index contributed by atoms with van der Waals surface area (Å²) in [7, 11) is 0. The number of rotatable bonds is 0. The molecule has 1 aromatic heterocycles. The van der Waals surface area contributed by atoms with E-state index in [-0.39, 0.29) is 5.56 Å². The number of nitrogens with zero attached hydrogens (tertiary/aromatic N) is 2. The molecule has 3 heteroatoms. The average Bonchev–Trinajstić information content (AvgIpc) is 2.14. The number of fused-ring (bicyclic) bond motifs is 1. The van der Waals surface area contributed by atoms with Crippen LogP contribution in [0.3, 0.4) is 0 Å². The topological polar surface area (TPSA) is 34.9 Å². The van der Waals surface area contributed by atoms with Gasteiger partial charge in [-0.05, 0) is 6.08 Å². The van der Waals surface area contributed by atoms with E-state index in [4.69, 9.17) is 0 Å². The Bertz CT molecular complexity index is 593. The van der Waals surface area contributed by atoms with Crippen LogP contribution in [0.2, 0.25) is 0 Å². The summed E-state index contributed by atoms with van der Waals surface area (Å²) in [4.78, 5) is 15.9. The van der Waals surface area contributed by atoms with Crippen molar-refractivity contribution in [3.63, 3.8) is 0 Å². The molecule has 0 bridgehead atoms. The lowest BCUT2D eigenvalue weighted by molar-refractivity contribution is 0.877. The third kappa shape index (κ3) is 1.06. The SMILES string of the molecule is C=C1CC=Cc2nc(=C)c(=C)c(=O)n21. The largest absolute Gasteiger partial charge is 0.268 e. The van der Waals surface area contributed by atoms with E-state index in [1.165, 1.54) is 4.57 Å². The Labute approximate surface area is 81.0 Å². The highest BCUT2D eigenvalue weighted by molar-refractivity contribution is 5.58. The molecular weight excluding hydrogens is 176 g/mol. The molecular formula is C11H10N2O. The van der Waals surface area contributed by atoms with Crippen LogP contribution in [0.4, 0.5) is 0 Å². The van der Waals surface area contributed by atoms with Crippen molar-refractivity contribution >= 4 is 24.9 Å². The Morgan fingerprint density at radius 1 is 1.36 bits per heavy atom. The maximum Gasteiger partial charge on any atom is 0.265 e. The Hall–Kier alpha value is -1.90. The zero-order chi connectivity index (χ0) is 10.3. The standard InChI is InChI=1S/C11H10N2O/c1-7-5-4-6-10-12-9(3)8(2)11(14)13(7)10/h4,6H,1-3,5H2. The van der Waals surface area contributed by atoms with Crippen LogP contribution in [0.1, 0.15) is 12.2 Å². The highest BCUT2D eigenvalue weighted by Crippen LogP contribution is 2.13. The number of hydrogen-bond acceptors (Lipinski definition) is 2. The molecule has 0 radical (unpaired) electrons. The first kappa shape index (κ1) is 8.69. The molecule has 0 saturated heterocycles. The molecule has 2 heterocycles. The molecule has 3 nitrogen and oxygen atoms in total. The van der Waals surface area contributed by atoms with Crippen molar-refractivity contribution in [3.8, 4) is 0 Å². The van der Waals surface area contributed by atoms with Gasteiger partial charge in [-0.3, -0.25) is 9.36 Å². The fourth-order valence-corrected chi connectivity index (χ4v) is 1.43. The molecule has 0 aromatic carbocycles. The zero-order valence-electron chi connectivity index (χ0n) is 7.79. The van der Waals surface area contributed by atoms with Crippen molar-refractivity contribution in [1.29, 1.82) is 0 Å². The van der Waals surface area contributed by atoms with Crippen LogP contribution in [0, 0.1) is 0 Å². The normalized spacial score (nSPS) is 14.1. The van der Waals surface area contributed by atoms with Gasteiger partial charge in [-0.25, -0.2) is 4.98 Å². The monoisotopic (exact) mass is 186 g/mol. The summed E-state index contributed by atoms with van der Waals surface area (Å²) in [6.45, 7) is 11.1. The molecule has 0 saturated carbocycles. The van der Waals surface area contributed by atoms with Crippen molar-refractivity contribution in [2.45, 2.75) is 6.42 Å². The molecule has 0 amide bonds. The molecule has 0 spiro atoms. The van der Waals surface area contributed by atoms with E-state index >= 15 is 0 Å². The molecule has 0 N–H and O–H groups in total. The van der Waals surface area contributed by atoms with E-state index in [1.807, 2.05) is 6.08 Å². The van der Waals surface area contributed by atoms with E-state index in [0.29, 0.717) is 22.8 Å². The minimum atomic E-state index is -0.172. The van der Waals surface area contributed by atoms with Crippen LogP contribution in [-0.4, -0.2) is 9.55 Å². The second-order valence-corrected chi connectivity index (χ2v) is 3.21. The number of aromatic nitrogens is 2. The second kappa shape index (κ2) is 2.80. The molecule has 14 heavy (non-hydrogen) atoms. The minimum absolute atomic E-state index is 0.172. The van der Waals surface area contributed by atoms with Crippen LogP contribution in [-0.2, 0) is 0 Å². The molecule has 0 atom stereocenters. The maximum atomic E-state index is 11.8. The summed E-state index contributed by atoms with van der Waals surface area (Å²) in [5.74, 6) is 0.587. The first-order valence-corrected chi connectivity index (χ1v) is 4.27. The van der Waals surface area contributed by atoms with Crippen molar-refractivity contribution in [2.24, 2.45) is 0 Å². The molecule has 1 aliphatic rings. The summed E-state index contributed by atoms with van der Waals surface area (Å²) < 4.78 is 1.48. The first-order chi connectivity index (χ1) is 6.61. The molecule has 1 aliphatic heterocycles. The van der Waals surface area contributed by atoms with Gasteiger partial charge in [-0.2, -0.15) is 0 Å². The molecule has 1 aromatic rings. The van der Waals surface area contributed by atoms with Gasteiger partial charge in [0, 0.05) is 12.1 Å². The van der Waals surface area contributed by atoms with Crippen LogP contribution in [0.5, 0.6) is 0 Å². The van der Waals surface area contributed by atoms with E-state index in [9.17, 15) is 4.79 Å². The van der Waals surface area contributed by atoms with Crippen molar-refractivity contribution in [1.82, 2.24) is 9.55 Å². The highest BCUT2D eigenvalue weighted by Gasteiger charge is 2.10. The van der Waals surface area contributed by atoms with Crippen molar-refractivity contribution < 1.29 is 0 Å². The maximum absolute atomic E-state index is 11.8. The van der Waals surface area contributed by atoms with Crippen LogP contribution in [0.15, 0.2) is 17.4 Å². The smallest absolute Gasteiger partial charge is 0.265 e. The number of hydrogen-bond donors (Lipinski definition) is 0. The fraction of sp³-hybridized carbons (Fsp3) is 0.0909. The summed E-state index contributed by atoms with van der Waals surface area (Å²) in [6.07, 6.45) is 4.39. The van der Waals surface area contributed by atoms with Gasteiger partial charge in [0.1, 0.15) is 5.82 Å². The van der Waals surface area contributed by atoms with Gasteiger partial charge >= 0.3 is 0 Å². The van der Waals surface area contributed by atoms with Gasteiger partial charge in [-0.15, -0.1) is 0 Å². The summed E-state index contributed by atoms with van der Waals surface area (Å²) in [5, 5.41) is 0.769. The van der Waals surface area contributed by atoms with Gasteiger partial charge < -0.3 is 0 Å². The predicted octanol–water partition coefficient (Wildman–Crippen LogP) is -0.0485. The van der Waals surface area contributed by atoms with E-state index in [1.54, 1.807) is 6.08 Å². The third-order valence-electron chi connectivity index (χ3n) is 2.22. The van der Waals surface area contributed by atoms with Crippen LogP contribution < -0.4 is 16.1 Å². The Balaban J connectivity index is 3.00. The van der Waals surface area contributed by atoms with Gasteiger partial charge in [0.05, 0.1) is 10.6 Å². The summed E-state index contributed by atoms with van der Waals surface area (Å²) in [6, 6.07) is 0. The summed E-state index contributed by atoms with van der Waals surface area (Å²) in [5.41, 5.74) is 0.555. The van der Waals surface area contributed by atoms with Crippen molar-refractivity contribution in [2.75, 3.05) is 0 Å². The lowest BCUT2D eigenvalue weighted by atomic mass is 10.2. The van der Waals surface area contributed by atoms with Crippen molar-refractivity contribution in [3.05, 3.63) is 39.4 Å².